The second-order valence-corrected chi connectivity index (χ2v) is 4.69. The van der Waals surface area contributed by atoms with Crippen molar-refractivity contribution in [1.29, 1.82) is 0 Å². The lowest BCUT2D eigenvalue weighted by Crippen LogP contribution is -2.48. The first kappa shape index (κ1) is 13.1. The van der Waals surface area contributed by atoms with E-state index in [9.17, 15) is 4.79 Å². The van der Waals surface area contributed by atoms with E-state index in [0.717, 1.165) is 38.2 Å². The number of primary amides is 1. The Hall–Kier alpha value is -1.39. The molecule has 1 amide bonds. The van der Waals surface area contributed by atoms with E-state index in [0.29, 0.717) is 0 Å². The molecule has 18 heavy (non-hydrogen) atoms. The number of carbonyl (C=O) groups is 1. The molecule has 1 aromatic rings. The van der Waals surface area contributed by atoms with Crippen LogP contribution >= 0.6 is 0 Å². The smallest absolute Gasteiger partial charge is 0.239 e. The van der Waals surface area contributed by atoms with Crippen molar-refractivity contribution in [2.75, 3.05) is 26.2 Å². The number of nitrogens with one attached hydrogen (secondary N) is 1. The van der Waals surface area contributed by atoms with Gasteiger partial charge in [0.15, 0.2) is 0 Å². The van der Waals surface area contributed by atoms with Crippen molar-refractivity contribution in [2.45, 2.75) is 19.4 Å². The van der Waals surface area contributed by atoms with Crippen LogP contribution in [0.25, 0.3) is 0 Å². The largest absolute Gasteiger partial charge is 0.368 e. The molecule has 0 radical (unpaired) electrons. The van der Waals surface area contributed by atoms with Crippen LogP contribution in [0.3, 0.4) is 0 Å². The topological polar surface area (TPSA) is 58.4 Å². The third-order valence-corrected chi connectivity index (χ3v) is 3.49. The summed E-state index contributed by atoms with van der Waals surface area (Å²) in [5.41, 5.74) is 7.85. The molecular formula is C14H21N3O. The van der Waals surface area contributed by atoms with Crippen LogP contribution in [0.2, 0.25) is 0 Å². The van der Waals surface area contributed by atoms with E-state index < -0.39 is 0 Å². The summed E-state index contributed by atoms with van der Waals surface area (Å²) in [7, 11) is 0. The number of benzene rings is 1. The number of amides is 1. The highest BCUT2D eigenvalue weighted by Gasteiger charge is 2.26. The molecule has 4 heteroatoms. The summed E-state index contributed by atoms with van der Waals surface area (Å²) in [5.74, 6) is -0.263. The standard InChI is InChI=1S/C14H21N3O/c1-2-11-3-5-12(6-4-11)13(14(15)18)17-9-7-16-8-10-17/h3-6,13,16H,2,7-10H2,1H3,(H2,15,18). The summed E-state index contributed by atoms with van der Waals surface area (Å²) in [4.78, 5) is 13.9. The fourth-order valence-corrected chi connectivity index (χ4v) is 2.43. The van der Waals surface area contributed by atoms with Gasteiger partial charge in [0.25, 0.3) is 0 Å². The van der Waals surface area contributed by atoms with Gasteiger partial charge in [0.2, 0.25) is 5.91 Å². The van der Waals surface area contributed by atoms with Gasteiger partial charge in [-0.3, -0.25) is 9.69 Å². The number of nitrogens with zero attached hydrogens (tertiary/aromatic N) is 1. The highest BCUT2D eigenvalue weighted by atomic mass is 16.1. The molecule has 1 aliphatic heterocycles. The van der Waals surface area contributed by atoms with Crippen LogP contribution in [0.5, 0.6) is 0 Å². The van der Waals surface area contributed by atoms with E-state index in [-0.39, 0.29) is 11.9 Å². The molecule has 0 bridgehead atoms. The van der Waals surface area contributed by atoms with Crippen LogP contribution in [0, 0.1) is 0 Å². The zero-order valence-electron chi connectivity index (χ0n) is 10.9. The van der Waals surface area contributed by atoms with Gasteiger partial charge < -0.3 is 11.1 Å². The van der Waals surface area contributed by atoms with Gasteiger partial charge in [0, 0.05) is 26.2 Å². The van der Waals surface area contributed by atoms with Gasteiger partial charge in [0.1, 0.15) is 6.04 Å². The fourth-order valence-electron chi connectivity index (χ4n) is 2.43. The first-order valence-corrected chi connectivity index (χ1v) is 6.55. The summed E-state index contributed by atoms with van der Waals surface area (Å²) < 4.78 is 0. The van der Waals surface area contributed by atoms with Gasteiger partial charge in [0.05, 0.1) is 0 Å². The van der Waals surface area contributed by atoms with Crippen LogP contribution in [0.4, 0.5) is 0 Å². The summed E-state index contributed by atoms with van der Waals surface area (Å²) in [6.45, 7) is 5.68. The molecule has 1 saturated heterocycles. The molecule has 1 unspecified atom stereocenters. The number of rotatable bonds is 4. The molecular weight excluding hydrogens is 226 g/mol. The zero-order chi connectivity index (χ0) is 13.0. The van der Waals surface area contributed by atoms with Crippen molar-refractivity contribution in [1.82, 2.24) is 10.2 Å². The van der Waals surface area contributed by atoms with Gasteiger partial charge in [-0.05, 0) is 17.5 Å². The van der Waals surface area contributed by atoms with Crippen LogP contribution in [-0.4, -0.2) is 37.0 Å². The Kier molecular flexibility index (Phi) is 4.33. The van der Waals surface area contributed by atoms with Crippen LogP contribution in [0.15, 0.2) is 24.3 Å². The maximum atomic E-state index is 11.7. The average molecular weight is 247 g/mol. The monoisotopic (exact) mass is 247 g/mol. The van der Waals surface area contributed by atoms with Gasteiger partial charge in [-0.25, -0.2) is 0 Å². The average Bonchev–Trinajstić information content (AvgIpc) is 2.40. The summed E-state index contributed by atoms with van der Waals surface area (Å²) in [6, 6.07) is 7.91. The third-order valence-electron chi connectivity index (χ3n) is 3.49. The van der Waals surface area contributed by atoms with E-state index in [1.54, 1.807) is 0 Å². The Balaban J connectivity index is 2.20. The van der Waals surface area contributed by atoms with E-state index in [4.69, 9.17) is 5.73 Å². The fraction of sp³-hybridized carbons (Fsp3) is 0.500. The van der Waals surface area contributed by atoms with Crippen molar-refractivity contribution < 1.29 is 4.79 Å². The molecule has 1 atom stereocenters. The summed E-state index contributed by atoms with van der Waals surface area (Å²) >= 11 is 0. The lowest BCUT2D eigenvalue weighted by molar-refractivity contribution is -0.123. The molecule has 0 aliphatic carbocycles. The maximum absolute atomic E-state index is 11.7. The van der Waals surface area contributed by atoms with Gasteiger partial charge in [-0.1, -0.05) is 31.2 Å². The molecule has 1 aromatic carbocycles. The van der Waals surface area contributed by atoms with E-state index >= 15 is 0 Å². The molecule has 3 N–H and O–H groups in total. The van der Waals surface area contributed by atoms with Crippen molar-refractivity contribution in [3.05, 3.63) is 35.4 Å². The SMILES string of the molecule is CCc1ccc(C(C(N)=O)N2CCNCC2)cc1. The Bertz CT molecular complexity index is 396. The highest BCUT2D eigenvalue weighted by Crippen LogP contribution is 2.21. The van der Waals surface area contributed by atoms with Crippen molar-refractivity contribution >= 4 is 5.91 Å². The molecule has 0 spiro atoms. The highest BCUT2D eigenvalue weighted by molar-refractivity contribution is 5.81. The summed E-state index contributed by atoms with van der Waals surface area (Å²) in [6.07, 6.45) is 1.01. The second-order valence-electron chi connectivity index (χ2n) is 4.69. The Morgan fingerprint density at radius 2 is 1.94 bits per heavy atom. The third kappa shape index (κ3) is 2.89. The van der Waals surface area contributed by atoms with Gasteiger partial charge in [-0.2, -0.15) is 0 Å². The minimum absolute atomic E-state index is 0.263. The lowest BCUT2D eigenvalue weighted by Gasteiger charge is -2.33. The predicted molar refractivity (Wildman–Crippen MR) is 72.2 cm³/mol. The van der Waals surface area contributed by atoms with Crippen LogP contribution in [-0.2, 0) is 11.2 Å². The van der Waals surface area contributed by atoms with Gasteiger partial charge >= 0.3 is 0 Å². The number of hydrogen-bond acceptors (Lipinski definition) is 3. The summed E-state index contributed by atoms with van der Waals surface area (Å²) in [5, 5.41) is 3.28. The molecule has 1 heterocycles. The molecule has 4 nitrogen and oxygen atoms in total. The molecule has 1 fully saturated rings. The van der Waals surface area contributed by atoms with Crippen molar-refractivity contribution in [3.63, 3.8) is 0 Å². The number of carbonyl (C=O) groups excluding carboxylic acids is 1. The van der Waals surface area contributed by atoms with Crippen LogP contribution < -0.4 is 11.1 Å². The van der Waals surface area contributed by atoms with Crippen molar-refractivity contribution in [2.24, 2.45) is 5.73 Å². The number of hydrogen-bond donors (Lipinski definition) is 2. The van der Waals surface area contributed by atoms with E-state index in [1.807, 2.05) is 12.1 Å². The minimum Gasteiger partial charge on any atom is -0.368 e. The second kappa shape index (κ2) is 5.98. The number of aryl methyl sites for hydroxylation is 1. The maximum Gasteiger partial charge on any atom is 0.239 e. The van der Waals surface area contributed by atoms with E-state index in [2.05, 4.69) is 29.3 Å². The molecule has 2 rings (SSSR count). The Morgan fingerprint density at radius 1 is 1.33 bits per heavy atom. The number of nitrogens with two attached hydrogens (primary N) is 1. The quantitative estimate of drug-likeness (QED) is 0.822. The normalized spacial score (nSPS) is 18.5. The molecule has 98 valence electrons. The molecule has 1 aliphatic rings. The molecule has 0 aromatic heterocycles. The Labute approximate surface area is 108 Å². The van der Waals surface area contributed by atoms with Gasteiger partial charge in [-0.15, -0.1) is 0 Å². The van der Waals surface area contributed by atoms with Crippen molar-refractivity contribution in [3.8, 4) is 0 Å². The zero-order valence-corrected chi connectivity index (χ0v) is 10.9. The van der Waals surface area contributed by atoms with Crippen LogP contribution in [0.1, 0.15) is 24.1 Å². The predicted octanol–water partition coefficient (Wildman–Crippen LogP) is 0.681. The first-order valence-electron chi connectivity index (χ1n) is 6.55. The number of piperazine rings is 1. The minimum atomic E-state index is -0.294. The lowest BCUT2D eigenvalue weighted by atomic mass is 10.0. The first-order chi connectivity index (χ1) is 8.72. The Morgan fingerprint density at radius 3 is 2.44 bits per heavy atom. The van der Waals surface area contributed by atoms with E-state index in [1.165, 1.54) is 5.56 Å². The molecule has 0 saturated carbocycles.